The summed E-state index contributed by atoms with van der Waals surface area (Å²) in [6, 6.07) is 5.87. The Hall–Kier alpha value is -2.08. The molecular formula is C16H22N4O2. The van der Waals surface area contributed by atoms with Crippen molar-refractivity contribution < 1.29 is 9.53 Å². The normalized spacial score (nSPS) is 16.2. The third kappa shape index (κ3) is 3.06. The van der Waals surface area contributed by atoms with Gasteiger partial charge >= 0.3 is 0 Å². The highest BCUT2D eigenvalue weighted by atomic mass is 16.5. The number of carbonyl (C=O) groups is 1. The number of amides is 1. The van der Waals surface area contributed by atoms with Crippen molar-refractivity contribution in [3.63, 3.8) is 0 Å². The van der Waals surface area contributed by atoms with E-state index in [9.17, 15) is 4.79 Å². The van der Waals surface area contributed by atoms with E-state index in [0.29, 0.717) is 13.0 Å². The molecule has 1 saturated heterocycles. The van der Waals surface area contributed by atoms with Gasteiger partial charge in [0.15, 0.2) is 0 Å². The van der Waals surface area contributed by atoms with Crippen molar-refractivity contribution in [3.8, 4) is 5.75 Å². The van der Waals surface area contributed by atoms with E-state index in [4.69, 9.17) is 4.74 Å². The zero-order chi connectivity index (χ0) is 15.5. The van der Waals surface area contributed by atoms with Crippen molar-refractivity contribution in [2.24, 2.45) is 0 Å². The first kappa shape index (κ1) is 14.8. The van der Waals surface area contributed by atoms with Gasteiger partial charge in [-0.05, 0) is 25.2 Å². The average molecular weight is 302 g/mol. The van der Waals surface area contributed by atoms with Crippen LogP contribution >= 0.6 is 0 Å². The van der Waals surface area contributed by atoms with Crippen LogP contribution in [0.15, 0.2) is 24.4 Å². The first-order valence-electron chi connectivity index (χ1n) is 7.63. The van der Waals surface area contributed by atoms with Crippen LogP contribution in [0.5, 0.6) is 5.75 Å². The number of hydrogen-bond acceptors (Lipinski definition) is 4. The summed E-state index contributed by atoms with van der Waals surface area (Å²) >= 11 is 0. The Morgan fingerprint density at radius 2 is 2.05 bits per heavy atom. The molecule has 0 saturated carbocycles. The Morgan fingerprint density at radius 3 is 2.77 bits per heavy atom. The molecule has 2 aromatic rings. The number of piperazine rings is 1. The summed E-state index contributed by atoms with van der Waals surface area (Å²) in [6.45, 7) is 4.17. The minimum atomic E-state index is 0.213. The molecule has 3 rings (SSSR count). The van der Waals surface area contributed by atoms with Gasteiger partial charge in [-0.15, -0.1) is 0 Å². The number of likely N-dealkylation sites (N-methyl/N-ethyl adjacent to an activating group) is 1. The van der Waals surface area contributed by atoms with Gasteiger partial charge in [0.2, 0.25) is 5.91 Å². The van der Waals surface area contributed by atoms with E-state index in [-0.39, 0.29) is 5.91 Å². The molecule has 0 radical (unpaired) electrons. The zero-order valence-corrected chi connectivity index (χ0v) is 13.2. The number of aromatic nitrogens is 2. The molecule has 0 N–H and O–H groups in total. The summed E-state index contributed by atoms with van der Waals surface area (Å²) in [5, 5.41) is 5.42. The van der Waals surface area contributed by atoms with Crippen LogP contribution < -0.4 is 4.74 Å². The SMILES string of the molecule is COc1ccc2c(cnn2CCC(=O)N2CCN(C)CC2)c1. The Morgan fingerprint density at radius 1 is 1.27 bits per heavy atom. The monoisotopic (exact) mass is 302 g/mol. The second-order valence-corrected chi connectivity index (χ2v) is 5.73. The minimum absolute atomic E-state index is 0.213. The van der Waals surface area contributed by atoms with Gasteiger partial charge in [-0.25, -0.2) is 0 Å². The summed E-state index contributed by atoms with van der Waals surface area (Å²) < 4.78 is 7.11. The second kappa shape index (κ2) is 6.36. The third-order valence-corrected chi connectivity index (χ3v) is 4.24. The molecule has 22 heavy (non-hydrogen) atoms. The van der Waals surface area contributed by atoms with Crippen molar-refractivity contribution in [2.75, 3.05) is 40.3 Å². The van der Waals surface area contributed by atoms with Gasteiger partial charge in [-0.1, -0.05) is 0 Å². The maximum absolute atomic E-state index is 12.3. The van der Waals surface area contributed by atoms with Crippen LogP contribution in [0.4, 0.5) is 0 Å². The molecule has 2 heterocycles. The molecule has 1 aliphatic rings. The molecule has 0 atom stereocenters. The molecule has 1 aliphatic heterocycles. The summed E-state index contributed by atoms with van der Waals surface area (Å²) in [7, 11) is 3.74. The number of aryl methyl sites for hydroxylation is 1. The minimum Gasteiger partial charge on any atom is -0.497 e. The Bertz CT molecular complexity index is 659. The largest absolute Gasteiger partial charge is 0.497 e. The van der Waals surface area contributed by atoms with Crippen LogP contribution in [-0.4, -0.2) is 65.8 Å². The quantitative estimate of drug-likeness (QED) is 0.852. The van der Waals surface area contributed by atoms with E-state index >= 15 is 0 Å². The Kier molecular flexibility index (Phi) is 4.29. The van der Waals surface area contributed by atoms with E-state index in [1.165, 1.54) is 0 Å². The van der Waals surface area contributed by atoms with E-state index in [0.717, 1.165) is 42.8 Å². The molecule has 1 amide bonds. The van der Waals surface area contributed by atoms with Gasteiger partial charge in [-0.3, -0.25) is 9.48 Å². The molecule has 118 valence electrons. The highest BCUT2D eigenvalue weighted by molar-refractivity contribution is 5.80. The molecule has 0 bridgehead atoms. The zero-order valence-electron chi connectivity index (χ0n) is 13.2. The maximum atomic E-state index is 12.3. The molecule has 6 nitrogen and oxygen atoms in total. The summed E-state index contributed by atoms with van der Waals surface area (Å²) in [5.41, 5.74) is 1.03. The molecule has 1 fully saturated rings. The van der Waals surface area contributed by atoms with Crippen LogP contribution in [0.2, 0.25) is 0 Å². The average Bonchev–Trinajstić information content (AvgIpc) is 2.95. The van der Waals surface area contributed by atoms with Gasteiger partial charge in [0.1, 0.15) is 5.75 Å². The van der Waals surface area contributed by atoms with E-state index in [2.05, 4.69) is 17.0 Å². The van der Waals surface area contributed by atoms with Gasteiger partial charge in [0.25, 0.3) is 0 Å². The van der Waals surface area contributed by atoms with Crippen LogP contribution in [0.25, 0.3) is 10.9 Å². The standard InChI is InChI=1S/C16H22N4O2/c1-18-7-9-19(10-8-18)16(21)5-6-20-15-4-3-14(22-2)11-13(15)12-17-20/h3-4,11-12H,5-10H2,1-2H3. The summed E-state index contributed by atoms with van der Waals surface area (Å²) in [5.74, 6) is 1.03. The van der Waals surface area contributed by atoms with E-state index in [1.54, 1.807) is 7.11 Å². The lowest BCUT2D eigenvalue weighted by molar-refractivity contribution is -0.133. The van der Waals surface area contributed by atoms with Crippen LogP contribution in [-0.2, 0) is 11.3 Å². The van der Waals surface area contributed by atoms with Gasteiger partial charge in [0.05, 0.1) is 25.4 Å². The Balaban J connectivity index is 1.63. The van der Waals surface area contributed by atoms with Gasteiger partial charge < -0.3 is 14.5 Å². The fourth-order valence-electron chi connectivity index (χ4n) is 2.79. The topological polar surface area (TPSA) is 50.6 Å². The predicted molar refractivity (Wildman–Crippen MR) is 85.0 cm³/mol. The van der Waals surface area contributed by atoms with E-state index < -0.39 is 0 Å². The number of rotatable bonds is 4. The summed E-state index contributed by atoms with van der Waals surface area (Å²) in [6.07, 6.45) is 2.31. The molecule has 0 spiro atoms. The molecule has 0 aliphatic carbocycles. The second-order valence-electron chi connectivity index (χ2n) is 5.73. The lowest BCUT2D eigenvalue weighted by Crippen LogP contribution is -2.47. The highest BCUT2D eigenvalue weighted by Crippen LogP contribution is 2.20. The molecule has 6 heteroatoms. The Labute approximate surface area is 130 Å². The first-order valence-corrected chi connectivity index (χ1v) is 7.63. The lowest BCUT2D eigenvalue weighted by atomic mass is 10.2. The number of methoxy groups -OCH3 is 1. The fraction of sp³-hybridized carbons (Fsp3) is 0.500. The number of nitrogens with zero attached hydrogens (tertiary/aromatic N) is 4. The van der Waals surface area contributed by atoms with Crippen LogP contribution in [0, 0.1) is 0 Å². The molecular weight excluding hydrogens is 280 g/mol. The van der Waals surface area contributed by atoms with Crippen molar-refractivity contribution in [1.29, 1.82) is 0 Å². The number of fused-ring (bicyclic) bond motifs is 1. The number of hydrogen-bond donors (Lipinski definition) is 0. The molecule has 1 aromatic heterocycles. The van der Waals surface area contributed by atoms with Crippen LogP contribution in [0.1, 0.15) is 6.42 Å². The number of benzene rings is 1. The summed E-state index contributed by atoms with van der Waals surface area (Å²) in [4.78, 5) is 16.5. The third-order valence-electron chi connectivity index (χ3n) is 4.24. The van der Waals surface area contributed by atoms with Gasteiger partial charge in [-0.2, -0.15) is 5.10 Å². The number of ether oxygens (including phenoxy) is 1. The predicted octanol–water partition coefficient (Wildman–Crippen LogP) is 1.21. The molecule has 0 unspecified atom stereocenters. The van der Waals surface area contributed by atoms with Crippen LogP contribution in [0.3, 0.4) is 0 Å². The van der Waals surface area contributed by atoms with Crippen molar-refractivity contribution >= 4 is 16.8 Å². The van der Waals surface area contributed by atoms with Crippen molar-refractivity contribution in [1.82, 2.24) is 19.6 Å². The molecule has 1 aromatic carbocycles. The van der Waals surface area contributed by atoms with E-state index in [1.807, 2.05) is 34.0 Å². The highest BCUT2D eigenvalue weighted by Gasteiger charge is 2.18. The number of carbonyl (C=O) groups excluding carboxylic acids is 1. The van der Waals surface area contributed by atoms with Gasteiger partial charge in [0, 0.05) is 38.0 Å². The lowest BCUT2D eigenvalue weighted by Gasteiger charge is -2.32. The van der Waals surface area contributed by atoms with Crippen molar-refractivity contribution in [3.05, 3.63) is 24.4 Å². The fourth-order valence-corrected chi connectivity index (χ4v) is 2.79. The maximum Gasteiger partial charge on any atom is 0.224 e. The van der Waals surface area contributed by atoms with Crippen molar-refractivity contribution in [2.45, 2.75) is 13.0 Å². The first-order chi connectivity index (χ1) is 10.7. The smallest absolute Gasteiger partial charge is 0.224 e.